The van der Waals surface area contributed by atoms with E-state index in [9.17, 15) is 9.59 Å². The molecule has 2 aromatic carbocycles. The summed E-state index contributed by atoms with van der Waals surface area (Å²) >= 11 is 6.75. The molecule has 2 aromatic heterocycles. The normalized spacial score (nSPS) is 10.5. The lowest BCUT2D eigenvalue weighted by molar-refractivity contribution is 0.0949. The average Bonchev–Trinajstić information content (AvgIpc) is 3.34. The molecule has 8 heteroatoms. The highest BCUT2D eigenvalue weighted by molar-refractivity contribution is 7.71. The first-order valence-corrected chi connectivity index (χ1v) is 11.1. The molecule has 5 N–H and O–H groups in total. The number of pyridine rings is 1. The van der Waals surface area contributed by atoms with E-state index in [1.807, 2.05) is 29.6 Å². The van der Waals surface area contributed by atoms with Gasteiger partial charge < -0.3 is 21.4 Å². The first kappa shape index (κ1) is 21.5. The minimum absolute atomic E-state index is 0.255. The lowest BCUT2D eigenvalue weighted by Gasteiger charge is -2.11. The van der Waals surface area contributed by atoms with E-state index in [2.05, 4.69) is 15.6 Å². The van der Waals surface area contributed by atoms with E-state index in [4.69, 9.17) is 18.0 Å². The van der Waals surface area contributed by atoms with Crippen LogP contribution in [-0.2, 0) is 6.54 Å². The number of aromatic amines is 1. The Morgan fingerprint density at radius 2 is 1.81 bits per heavy atom. The molecule has 0 fully saturated rings. The Balaban J connectivity index is 1.40. The third-order valence-corrected chi connectivity index (χ3v) is 6.10. The minimum atomic E-state index is -0.258. The van der Waals surface area contributed by atoms with Gasteiger partial charge in [0, 0.05) is 23.2 Å². The zero-order valence-corrected chi connectivity index (χ0v) is 18.6. The van der Waals surface area contributed by atoms with Crippen LogP contribution in [0, 0.1) is 4.64 Å². The lowest BCUT2D eigenvalue weighted by Crippen LogP contribution is -2.23. The number of hydrogen-bond acceptors (Lipinski definition) is 5. The number of nitrogens with two attached hydrogens (primary N) is 1. The predicted molar refractivity (Wildman–Crippen MR) is 131 cm³/mol. The summed E-state index contributed by atoms with van der Waals surface area (Å²) < 4.78 is 0.388. The predicted octanol–water partition coefficient (Wildman–Crippen LogP) is 5.24. The molecule has 0 saturated carbocycles. The highest BCUT2D eigenvalue weighted by Gasteiger charge is 2.11. The fourth-order valence-corrected chi connectivity index (χ4v) is 4.06. The van der Waals surface area contributed by atoms with E-state index in [0.29, 0.717) is 33.7 Å². The van der Waals surface area contributed by atoms with E-state index >= 15 is 0 Å². The molecule has 2 heterocycles. The summed E-state index contributed by atoms with van der Waals surface area (Å²) in [6, 6.07) is 20.0. The Morgan fingerprint density at radius 1 is 1.00 bits per heavy atom. The van der Waals surface area contributed by atoms with Crippen LogP contribution < -0.4 is 16.4 Å². The van der Waals surface area contributed by atoms with E-state index < -0.39 is 0 Å². The molecule has 0 unspecified atom stereocenters. The van der Waals surface area contributed by atoms with Gasteiger partial charge >= 0.3 is 0 Å². The zero-order valence-electron chi connectivity index (χ0n) is 16.9. The third-order valence-electron chi connectivity index (χ3n) is 4.84. The molecule has 0 aliphatic rings. The summed E-state index contributed by atoms with van der Waals surface area (Å²) in [6.07, 6.45) is 1.68. The van der Waals surface area contributed by atoms with Crippen LogP contribution in [0.1, 0.15) is 26.3 Å². The monoisotopic (exact) mass is 460 g/mol. The van der Waals surface area contributed by atoms with Crippen molar-refractivity contribution in [2.75, 3.05) is 11.1 Å². The number of nitrogen functional groups attached to an aromatic ring is 1. The number of anilines is 2. The van der Waals surface area contributed by atoms with E-state index in [1.54, 1.807) is 60.0 Å². The van der Waals surface area contributed by atoms with E-state index in [-0.39, 0.29) is 11.8 Å². The van der Waals surface area contributed by atoms with E-state index in [1.165, 1.54) is 0 Å². The minimum Gasteiger partial charge on any atom is -0.397 e. The van der Waals surface area contributed by atoms with Crippen LogP contribution >= 0.6 is 23.6 Å². The number of thiophene rings is 1. The molecule has 0 saturated heterocycles. The maximum absolute atomic E-state index is 12.7. The zero-order chi connectivity index (χ0) is 22.5. The van der Waals surface area contributed by atoms with Gasteiger partial charge in [0.25, 0.3) is 11.8 Å². The summed E-state index contributed by atoms with van der Waals surface area (Å²) in [5.41, 5.74) is 9.89. The number of carbonyl (C=O) groups excluding carboxylic acids is 2. The van der Waals surface area contributed by atoms with Gasteiger partial charge in [0.15, 0.2) is 0 Å². The van der Waals surface area contributed by atoms with Crippen LogP contribution in [0.5, 0.6) is 0 Å². The number of amides is 2. The van der Waals surface area contributed by atoms with Gasteiger partial charge in [-0.1, -0.05) is 36.5 Å². The van der Waals surface area contributed by atoms with Gasteiger partial charge in [-0.2, -0.15) is 0 Å². The molecule has 2 amide bonds. The van der Waals surface area contributed by atoms with Crippen molar-refractivity contribution in [3.63, 3.8) is 0 Å². The third kappa shape index (κ3) is 4.93. The summed E-state index contributed by atoms with van der Waals surface area (Å²) in [5, 5.41) is 7.71. The van der Waals surface area contributed by atoms with Crippen molar-refractivity contribution < 1.29 is 9.59 Å². The molecule has 4 aromatic rings. The van der Waals surface area contributed by atoms with Gasteiger partial charge in [-0.25, -0.2) is 0 Å². The Bertz CT molecular complexity index is 1310. The second-order valence-electron chi connectivity index (χ2n) is 7.03. The molecule has 0 spiro atoms. The number of nitrogens with one attached hydrogen (secondary N) is 3. The molecule has 0 bridgehead atoms. The fourth-order valence-electron chi connectivity index (χ4n) is 3.11. The summed E-state index contributed by atoms with van der Waals surface area (Å²) in [4.78, 5) is 28.9. The standard InChI is InChI=1S/C24H20N4O2S2/c25-19-10-9-17(21-4-2-12-32-21)13-20(19)28-22(29)16-7-5-15(6-8-16)14-27-23(30)18-3-1-11-26-24(18)31/h1-13H,14,25H2,(H,26,31)(H,27,30)(H,28,29). The SMILES string of the molecule is Nc1ccc(-c2cccs2)cc1NC(=O)c1ccc(CNC(=O)c2ccc[nH]c2=S)cc1. The van der Waals surface area contributed by atoms with Crippen molar-refractivity contribution in [3.8, 4) is 10.4 Å². The van der Waals surface area contributed by atoms with E-state index in [0.717, 1.165) is 16.0 Å². The Labute approximate surface area is 194 Å². The van der Waals surface area contributed by atoms with Gasteiger partial charge in [0.2, 0.25) is 0 Å². The Hall–Kier alpha value is -3.75. The maximum Gasteiger partial charge on any atom is 0.255 e. The van der Waals surface area contributed by atoms with Crippen LogP contribution in [0.2, 0.25) is 0 Å². The molecule has 0 aliphatic carbocycles. The molecule has 0 radical (unpaired) electrons. The molecular formula is C24H20N4O2S2. The number of hydrogen-bond donors (Lipinski definition) is 4. The summed E-state index contributed by atoms with van der Waals surface area (Å²) in [5.74, 6) is -0.513. The van der Waals surface area contributed by atoms with Crippen molar-refractivity contribution in [1.29, 1.82) is 0 Å². The van der Waals surface area contributed by atoms with Crippen LogP contribution in [0.3, 0.4) is 0 Å². The first-order valence-electron chi connectivity index (χ1n) is 9.81. The van der Waals surface area contributed by atoms with Gasteiger partial charge in [-0.3, -0.25) is 9.59 Å². The number of rotatable bonds is 6. The van der Waals surface area contributed by atoms with Crippen LogP contribution in [0.15, 0.2) is 78.3 Å². The van der Waals surface area contributed by atoms with Gasteiger partial charge in [0.1, 0.15) is 4.64 Å². The second-order valence-corrected chi connectivity index (χ2v) is 8.38. The summed E-state index contributed by atoms with van der Waals surface area (Å²) in [6.45, 7) is 0.320. The molecule has 0 atom stereocenters. The topological polar surface area (TPSA) is 100 Å². The van der Waals surface area contributed by atoms with Crippen molar-refractivity contribution in [3.05, 3.63) is 99.6 Å². The molecule has 160 valence electrons. The average molecular weight is 461 g/mol. The van der Waals surface area contributed by atoms with Crippen molar-refractivity contribution in [1.82, 2.24) is 10.3 Å². The first-order chi connectivity index (χ1) is 15.5. The Kier molecular flexibility index (Phi) is 6.44. The van der Waals surface area contributed by atoms with Crippen molar-refractivity contribution in [2.45, 2.75) is 6.54 Å². The highest BCUT2D eigenvalue weighted by Crippen LogP contribution is 2.30. The molecule has 32 heavy (non-hydrogen) atoms. The van der Waals surface area contributed by atoms with Crippen molar-refractivity contribution in [2.24, 2.45) is 0 Å². The van der Waals surface area contributed by atoms with Crippen molar-refractivity contribution >= 4 is 46.7 Å². The number of aromatic nitrogens is 1. The highest BCUT2D eigenvalue weighted by atomic mass is 32.1. The molecule has 4 rings (SSSR count). The van der Waals surface area contributed by atoms with Crippen LogP contribution in [0.4, 0.5) is 11.4 Å². The summed E-state index contributed by atoms with van der Waals surface area (Å²) in [7, 11) is 0. The van der Waals surface area contributed by atoms with Crippen LogP contribution in [0.25, 0.3) is 10.4 Å². The maximum atomic E-state index is 12.7. The number of benzene rings is 2. The smallest absolute Gasteiger partial charge is 0.255 e. The van der Waals surface area contributed by atoms with Gasteiger partial charge in [0.05, 0.1) is 16.9 Å². The number of H-pyrrole nitrogens is 1. The second kappa shape index (κ2) is 9.59. The fraction of sp³-hybridized carbons (Fsp3) is 0.0417. The lowest BCUT2D eigenvalue weighted by atomic mass is 10.1. The van der Waals surface area contributed by atoms with Gasteiger partial charge in [-0.05, 0) is 59.0 Å². The Morgan fingerprint density at radius 3 is 2.53 bits per heavy atom. The van der Waals surface area contributed by atoms with Gasteiger partial charge in [-0.15, -0.1) is 11.3 Å². The largest absolute Gasteiger partial charge is 0.397 e. The molecule has 6 nitrogen and oxygen atoms in total. The molecule has 0 aliphatic heterocycles. The molecular weight excluding hydrogens is 440 g/mol. The quantitative estimate of drug-likeness (QED) is 0.234. The van der Waals surface area contributed by atoms with Crippen LogP contribution in [-0.4, -0.2) is 16.8 Å². The number of carbonyl (C=O) groups is 2.